The minimum absolute atomic E-state index is 0. The van der Waals surface area contributed by atoms with Crippen LogP contribution in [0.1, 0.15) is 46.5 Å². The summed E-state index contributed by atoms with van der Waals surface area (Å²) in [6.45, 7) is 9.32. The van der Waals surface area contributed by atoms with Crippen molar-refractivity contribution in [3.05, 3.63) is 0 Å². The Morgan fingerprint density at radius 1 is 1.32 bits per heavy atom. The minimum Gasteiger partial charge on any atom is -0.352 e. The number of nitrogens with one attached hydrogen (secondary N) is 1. The first-order valence-corrected chi connectivity index (χ1v) is 6.81. The highest BCUT2D eigenvalue weighted by Gasteiger charge is 2.29. The molecule has 0 radical (unpaired) electrons. The molecule has 116 valence electrons. The van der Waals surface area contributed by atoms with Crippen LogP contribution in [-0.2, 0) is 4.79 Å². The number of nitrogens with two attached hydrogens (primary N) is 1. The van der Waals surface area contributed by atoms with Gasteiger partial charge in [0.1, 0.15) is 0 Å². The van der Waals surface area contributed by atoms with E-state index < -0.39 is 5.54 Å². The van der Waals surface area contributed by atoms with Crippen molar-refractivity contribution in [1.29, 1.82) is 0 Å². The molecular formula is C13H29Cl2N3O. The predicted octanol–water partition coefficient (Wildman–Crippen LogP) is 1.95. The number of amides is 1. The molecule has 6 heteroatoms. The van der Waals surface area contributed by atoms with Gasteiger partial charge in [-0.2, -0.15) is 0 Å². The molecule has 1 atom stereocenters. The van der Waals surface area contributed by atoms with Gasteiger partial charge in [-0.25, -0.2) is 0 Å². The smallest absolute Gasteiger partial charge is 0.240 e. The molecule has 1 aliphatic heterocycles. The summed E-state index contributed by atoms with van der Waals surface area (Å²) in [5.74, 6) is 0.00861. The first-order chi connectivity index (χ1) is 7.99. The Morgan fingerprint density at radius 3 is 2.26 bits per heavy atom. The molecular weight excluding hydrogens is 285 g/mol. The lowest BCUT2D eigenvalue weighted by molar-refractivity contribution is -0.127. The van der Waals surface area contributed by atoms with Crippen molar-refractivity contribution in [3.63, 3.8) is 0 Å². The van der Waals surface area contributed by atoms with E-state index in [2.05, 4.69) is 24.1 Å². The zero-order chi connectivity index (χ0) is 12.9. The third kappa shape index (κ3) is 6.80. The Labute approximate surface area is 129 Å². The number of nitrogens with zero attached hydrogens (tertiary/aromatic N) is 1. The van der Waals surface area contributed by atoms with Crippen LogP contribution < -0.4 is 11.1 Å². The summed E-state index contributed by atoms with van der Waals surface area (Å²) in [5.41, 5.74) is 5.31. The van der Waals surface area contributed by atoms with Crippen LogP contribution >= 0.6 is 24.8 Å². The first kappa shape index (κ1) is 21.3. The first-order valence-electron chi connectivity index (χ1n) is 6.81. The number of carbonyl (C=O) groups excluding carboxylic acids is 1. The number of hydrogen-bond donors (Lipinski definition) is 2. The van der Waals surface area contributed by atoms with E-state index in [0.29, 0.717) is 6.04 Å². The molecule has 0 saturated carbocycles. The minimum atomic E-state index is -0.712. The maximum atomic E-state index is 12.0. The fourth-order valence-electron chi connectivity index (χ4n) is 2.38. The number of hydrogen-bond acceptors (Lipinski definition) is 3. The number of rotatable bonds is 5. The van der Waals surface area contributed by atoms with Crippen LogP contribution in [0.5, 0.6) is 0 Å². The zero-order valence-corrected chi connectivity index (χ0v) is 13.9. The van der Waals surface area contributed by atoms with Crippen LogP contribution in [0.3, 0.4) is 0 Å². The number of carbonyl (C=O) groups is 1. The quantitative estimate of drug-likeness (QED) is 0.815. The highest BCUT2D eigenvalue weighted by Crippen LogP contribution is 2.13. The summed E-state index contributed by atoms with van der Waals surface area (Å²) in [6, 6.07) is 0.310. The van der Waals surface area contributed by atoms with Crippen LogP contribution in [-0.4, -0.2) is 42.0 Å². The second-order valence-corrected chi connectivity index (χ2v) is 5.35. The fraction of sp³-hybridized carbons (Fsp3) is 0.923. The Balaban J connectivity index is 0. The molecule has 1 unspecified atom stereocenters. The summed E-state index contributed by atoms with van der Waals surface area (Å²) in [6.07, 6.45) is 3.77. The normalized spacial score (nSPS) is 19.8. The Bertz CT molecular complexity index is 254. The van der Waals surface area contributed by atoms with Crippen molar-refractivity contribution in [2.24, 2.45) is 5.73 Å². The van der Waals surface area contributed by atoms with Crippen molar-refractivity contribution in [2.45, 2.75) is 58.0 Å². The number of likely N-dealkylation sites (tertiary alicyclic amines) is 1. The highest BCUT2D eigenvalue weighted by atomic mass is 35.5. The lowest BCUT2D eigenvalue weighted by Crippen LogP contribution is -2.55. The summed E-state index contributed by atoms with van der Waals surface area (Å²) in [7, 11) is 0. The molecule has 1 heterocycles. The fourth-order valence-corrected chi connectivity index (χ4v) is 2.38. The summed E-state index contributed by atoms with van der Waals surface area (Å²) in [5, 5.41) is 3.10. The monoisotopic (exact) mass is 313 g/mol. The number of halogens is 2. The van der Waals surface area contributed by atoms with Gasteiger partial charge in [-0.15, -0.1) is 24.8 Å². The molecule has 0 aromatic heterocycles. The largest absolute Gasteiger partial charge is 0.352 e. The number of piperidine rings is 1. The average molecular weight is 314 g/mol. The topological polar surface area (TPSA) is 58.4 Å². The molecule has 1 aliphatic rings. The third-order valence-corrected chi connectivity index (χ3v) is 3.66. The van der Waals surface area contributed by atoms with Crippen molar-refractivity contribution in [3.8, 4) is 0 Å². The van der Waals surface area contributed by atoms with Crippen molar-refractivity contribution < 1.29 is 4.79 Å². The molecule has 3 N–H and O–H groups in total. The Kier molecular flexibility index (Phi) is 11.0. The van der Waals surface area contributed by atoms with E-state index in [1.165, 1.54) is 0 Å². The molecule has 0 bridgehead atoms. The molecule has 0 aliphatic carbocycles. The van der Waals surface area contributed by atoms with E-state index in [-0.39, 0.29) is 30.7 Å². The molecule has 0 spiro atoms. The lowest BCUT2D eigenvalue weighted by atomic mass is 9.95. The zero-order valence-electron chi connectivity index (χ0n) is 12.3. The second-order valence-electron chi connectivity index (χ2n) is 5.35. The van der Waals surface area contributed by atoms with E-state index in [4.69, 9.17) is 5.73 Å². The van der Waals surface area contributed by atoms with E-state index in [9.17, 15) is 4.79 Å². The van der Waals surface area contributed by atoms with E-state index in [1.54, 1.807) is 0 Å². The van der Waals surface area contributed by atoms with Gasteiger partial charge in [0.05, 0.1) is 5.54 Å². The average Bonchev–Trinajstić information content (AvgIpc) is 2.30. The third-order valence-electron chi connectivity index (χ3n) is 3.66. The van der Waals surface area contributed by atoms with Gasteiger partial charge in [0, 0.05) is 19.1 Å². The van der Waals surface area contributed by atoms with Gasteiger partial charge in [-0.3, -0.25) is 4.79 Å². The van der Waals surface area contributed by atoms with Gasteiger partial charge >= 0.3 is 0 Å². The molecule has 0 aromatic rings. The van der Waals surface area contributed by atoms with Gasteiger partial charge in [0.15, 0.2) is 0 Å². The van der Waals surface area contributed by atoms with Gasteiger partial charge in [-0.1, -0.05) is 20.3 Å². The SMILES string of the molecule is CCCC(C)(N)C(=O)NC1CCN(CC)CC1.Cl.Cl. The van der Waals surface area contributed by atoms with Crippen LogP contribution in [0.4, 0.5) is 0 Å². The van der Waals surface area contributed by atoms with E-state index in [1.807, 2.05) is 6.92 Å². The molecule has 1 fully saturated rings. The maximum Gasteiger partial charge on any atom is 0.240 e. The van der Waals surface area contributed by atoms with Gasteiger partial charge in [0.2, 0.25) is 5.91 Å². The molecule has 1 amide bonds. The molecule has 19 heavy (non-hydrogen) atoms. The lowest BCUT2D eigenvalue weighted by Gasteiger charge is -2.33. The van der Waals surface area contributed by atoms with Crippen LogP contribution in [0.25, 0.3) is 0 Å². The molecule has 4 nitrogen and oxygen atoms in total. The molecule has 1 saturated heterocycles. The van der Waals surface area contributed by atoms with Crippen molar-refractivity contribution >= 4 is 30.7 Å². The van der Waals surface area contributed by atoms with Crippen LogP contribution in [0.2, 0.25) is 0 Å². The summed E-state index contributed by atoms with van der Waals surface area (Å²) < 4.78 is 0. The predicted molar refractivity (Wildman–Crippen MR) is 85.3 cm³/mol. The molecule has 1 rings (SSSR count). The van der Waals surface area contributed by atoms with Gasteiger partial charge in [0.25, 0.3) is 0 Å². The van der Waals surface area contributed by atoms with Crippen LogP contribution in [0.15, 0.2) is 0 Å². The van der Waals surface area contributed by atoms with E-state index in [0.717, 1.165) is 45.3 Å². The summed E-state index contributed by atoms with van der Waals surface area (Å²) in [4.78, 5) is 14.4. The van der Waals surface area contributed by atoms with Gasteiger partial charge < -0.3 is 16.0 Å². The van der Waals surface area contributed by atoms with E-state index >= 15 is 0 Å². The molecule has 0 aromatic carbocycles. The Hall–Kier alpha value is -0.0300. The van der Waals surface area contributed by atoms with Gasteiger partial charge in [-0.05, 0) is 32.7 Å². The second kappa shape index (κ2) is 9.81. The standard InChI is InChI=1S/C13H27N3O.2ClH/c1-4-8-13(3,14)12(17)15-11-6-9-16(5-2)10-7-11;;/h11H,4-10,14H2,1-3H3,(H,15,17);2*1H. The van der Waals surface area contributed by atoms with Crippen LogP contribution in [0, 0.1) is 0 Å². The Morgan fingerprint density at radius 2 is 1.84 bits per heavy atom. The summed E-state index contributed by atoms with van der Waals surface area (Å²) >= 11 is 0. The maximum absolute atomic E-state index is 12.0. The van der Waals surface area contributed by atoms with Crippen molar-refractivity contribution in [1.82, 2.24) is 10.2 Å². The highest BCUT2D eigenvalue weighted by molar-refractivity contribution is 5.86. The van der Waals surface area contributed by atoms with Crippen molar-refractivity contribution in [2.75, 3.05) is 19.6 Å².